The van der Waals surface area contributed by atoms with Crippen molar-refractivity contribution in [3.05, 3.63) is 46.4 Å². The number of nitrogens with zero attached hydrogens (tertiary/aromatic N) is 1. The Balaban J connectivity index is 2.85. The first-order valence-electron chi connectivity index (χ1n) is 4.80. The van der Waals surface area contributed by atoms with Gasteiger partial charge in [-0.3, -0.25) is 4.79 Å². The van der Waals surface area contributed by atoms with Crippen LogP contribution in [0.1, 0.15) is 12.5 Å². The smallest absolute Gasteiger partial charge is 0.258 e. The van der Waals surface area contributed by atoms with Crippen molar-refractivity contribution in [1.29, 1.82) is 0 Å². The van der Waals surface area contributed by atoms with Crippen LogP contribution < -0.4 is 5.56 Å². The standard InChI is InChI=1S/C12H13NO/c1-3-9-4-5-10-6-7-13(2)12(14)11(10)8-9/h4-8H,3H2,1-2H3. The van der Waals surface area contributed by atoms with Crippen LogP contribution >= 0.6 is 0 Å². The lowest BCUT2D eigenvalue weighted by Crippen LogP contribution is -2.15. The molecule has 2 nitrogen and oxygen atoms in total. The number of pyridine rings is 1. The minimum Gasteiger partial charge on any atom is -0.318 e. The lowest BCUT2D eigenvalue weighted by molar-refractivity contribution is 0.873. The molecule has 14 heavy (non-hydrogen) atoms. The van der Waals surface area contributed by atoms with Crippen molar-refractivity contribution in [2.45, 2.75) is 13.3 Å². The summed E-state index contributed by atoms with van der Waals surface area (Å²) in [5.74, 6) is 0. The highest BCUT2D eigenvalue weighted by Gasteiger charge is 2.00. The summed E-state index contributed by atoms with van der Waals surface area (Å²) in [5.41, 5.74) is 1.29. The summed E-state index contributed by atoms with van der Waals surface area (Å²) < 4.78 is 1.61. The molecule has 0 aliphatic heterocycles. The maximum Gasteiger partial charge on any atom is 0.258 e. The zero-order valence-electron chi connectivity index (χ0n) is 8.45. The predicted octanol–water partition coefficient (Wildman–Crippen LogP) is 2.10. The van der Waals surface area contributed by atoms with Gasteiger partial charge in [0.25, 0.3) is 5.56 Å². The quantitative estimate of drug-likeness (QED) is 0.670. The zero-order chi connectivity index (χ0) is 10.1. The molecule has 1 aromatic heterocycles. The van der Waals surface area contributed by atoms with E-state index in [0.29, 0.717) is 0 Å². The van der Waals surface area contributed by atoms with E-state index in [4.69, 9.17) is 0 Å². The molecule has 2 aromatic rings. The van der Waals surface area contributed by atoms with Gasteiger partial charge in [0.15, 0.2) is 0 Å². The molecule has 0 saturated heterocycles. The first kappa shape index (κ1) is 9.00. The van der Waals surface area contributed by atoms with Crippen molar-refractivity contribution in [1.82, 2.24) is 4.57 Å². The van der Waals surface area contributed by atoms with Gasteiger partial charge in [-0.1, -0.05) is 19.1 Å². The number of fused-ring (bicyclic) bond motifs is 1. The Bertz CT molecular complexity index is 525. The molecule has 0 unspecified atom stereocenters. The second-order valence-corrected chi connectivity index (χ2v) is 3.51. The molecule has 0 aliphatic rings. The summed E-state index contributed by atoms with van der Waals surface area (Å²) in [7, 11) is 1.78. The van der Waals surface area contributed by atoms with Crippen molar-refractivity contribution in [2.24, 2.45) is 7.05 Å². The molecule has 0 saturated carbocycles. The van der Waals surface area contributed by atoms with E-state index in [9.17, 15) is 4.79 Å². The fraction of sp³-hybridized carbons (Fsp3) is 0.250. The van der Waals surface area contributed by atoms with Gasteiger partial charge in [-0.05, 0) is 29.5 Å². The molecule has 2 heteroatoms. The summed E-state index contributed by atoms with van der Waals surface area (Å²) in [6, 6.07) is 8.03. The van der Waals surface area contributed by atoms with Gasteiger partial charge in [-0.2, -0.15) is 0 Å². The summed E-state index contributed by atoms with van der Waals surface area (Å²) in [6.07, 6.45) is 2.77. The normalized spacial score (nSPS) is 10.7. The van der Waals surface area contributed by atoms with Gasteiger partial charge in [0.05, 0.1) is 0 Å². The summed E-state index contributed by atoms with van der Waals surface area (Å²) in [4.78, 5) is 11.8. The molecular weight excluding hydrogens is 174 g/mol. The summed E-state index contributed by atoms with van der Waals surface area (Å²) >= 11 is 0. The third kappa shape index (κ3) is 1.33. The van der Waals surface area contributed by atoms with Crippen LogP contribution in [0, 0.1) is 0 Å². The minimum absolute atomic E-state index is 0.0813. The van der Waals surface area contributed by atoms with Crippen LogP contribution in [0.2, 0.25) is 0 Å². The maximum absolute atomic E-state index is 11.8. The maximum atomic E-state index is 11.8. The van der Waals surface area contributed by atoms with E-state index in [1.807, 2.05) is 18.2 Å². The van der Waals surface area contributed by atoms with E-state index in [2.05, 4.69) is 13.0 Å². The number of benzene rings is 1. The van der Waals surface area contributed by atoms with Crippen LogP contribution in [0.5, 0.6) is 0 Å². The predicted molar refractivity (Wildman–Crippen MR) is 58.6 cm³/mol. The molecule has 0 bridgehead atoms. The molecule has 0 aliphatic carbocycles. The third-order valence-electron chi connectivity index (χ3n) is 2.55. The number of aryl methyl sites for hydroxylation is 2. The van der Waals surface area contributed by atoms with Gasteiger partial charge in [0.1, 0.15) is 0 Å². The Morgan fingerprint density at radius 3 is 2.79 bits per heavy atom. The Hall–Kier alpha value is -1.57. The Morgan fingerprint density at radius 2 is 2.07 bits per heavy atom. The van der Waals surface area contributed by atoms with Crippen LogP contribution in [0.25, 0.3) is 10.8 Å². The molecule has 0 atom stereocenters. The Labute approximate surface area is 82.8 Å². The molecule has 1 heterocycles. The third-order valence-corrected chi connectivity index (χ3v) is 2.55. The van der Waals surface area contributed by atoms with Gasteiger partial charge in [0, 0.05) is 18.6 Å². The SMILES string of the molecule is CCc1ccc2ccn(C)c(=O)c2c1. The van der Waals surface area contributed by atoms with Crippen molar-refractivity contribution >= 4 is 10.8 Å². The second kappa shape index (κ2) is 3.29. The highest BCUT2D eigenvalue weighted by Crippen LogP contribution is 2.12. The lowest BCUT2D eigenvalue weighted by atomic mass is 10.1. The largest absolute Gasteiger partial charge is 0.318 e. The van der Waals surface area contributed by atoms with Gasteiger partial charge in [-0.15, -0.1) is 0 Å². The molecule has 0 spiro atoms. The van der Waals surface area contributed by atoms with E-state index in [-0.39, 0.29) is 5.56 Å². The van der Waals surface area contributed by atoms with Crippen molar-refractivity contribution in [3.63, 3.8) is 0 Å². The minimum atomic E-state index is 0.0813. The number of hydrogen-bond donors (Lipinski definition) is 0. The fourth-order valence-electron chi connectivity index (χ4n) is 1.60. The van der Waals surface area contributed by atoms with E-state index in [1.54, 1.807) is 17.8 Å². The lowest BCUT2D eigenvalue weighted by Gasteiger charge is -2.02. The molecule has 72 valence electrons. The van der Waals surface area contributed by atoms with Gasteiger partial charge in [0.2, 0.25) is 0 Å². The first-order valence-corrected chi connectivity index (χ1v) is 4.80. The van der Waals surface area contributed by atoms with Gasteiger partial charge < -0.3 is 4.57 Å². The highest BCUT2D eigenvalue weighted by molar-refractivity contribution is 5.82. The second-order valence-electron chi connectivity index (χ2n) is 3.51. The molecule has 1 aromatic carbocycles. The van der Waals surface area contributed by atoms with Gasteiger partial charge >= 0.3 is 0 Å². The van der Waals surface area contributed by atoms with Crippen LogP contribution in [-0.4, -0.2) is 4.57 Å². The van der Waals surface area contributed by atoms with Crippen LogP contribution in [0.3, 0.4) is 0 Å². The van der Waals surface area contributed by atoms with Crippen LogP contribution in [0.4, 0.5) is 0 Å². The zero-order valence-corrected chi connectivity index (χ0v) is 8.45. The molecule has 0 N–H and O–H groups in total. The van der Waals surface area contributed by atoms with Crippen molar-refractivity contribution in [3.8, 4) is 0 Å². The molecule has 0 amide bonds. The number of aromatic nitrogens is 1. The van der Waals surface area contributed by atoms with Crippen molar-refractivity contribution in [2.75, 3.05) is 0 Å². The van der Waals surface area contributed by atoms with Crippen LogP contribution in [-0.2, 0) is 13.5 Å². The topological polar surface area (TPSA) is 22.0 Å². The Morgan fingerprint density at radius 1 is 1.29 bits per heavy atom. The number of hydrogen-bond acceptors (Lipinski definition) is 1. The molecule has 0 radical (unpaired) electrons. The molecule has 0 fully saturated rings. The molecule has 2 rings (SSSR count). The monoisotopic (exact) mass is 187 g/mol. The first-order chi connectivity index (χ1) is 6.72. The van der Waals surface area contributed by atoms with E-state index in [1.165, 1.54) is 5.56 Å². The summed E-state index contributed by atoms with van der Waals surface area (Å²) in [6.45, 7) is 2.09. The van der Waals surface area contributed by atoms with Crippen molar-refractivity contribution < 1.29 is 0 Å². The average molecular weight is 187 g/mol. The van der Waals surface area contributed by atoms with E-state index >= 15 is 0 Å². The average Bonchev–Trinajstić information content (AvgIpc) is 2.23. The Kier molecular flexibility index (Phi) is 2.12. The number of rotatable bonds is 1. The van der Waals surface area contributed by atoms with E-state index < -0.39 is 0 Å². The van der Waals surface area contributed by atoms with Crippen LogP contribution in [0.15, 0.2) is 35.3 Å². The highest BCUT2D eigenvalue weighted by atomic mass is 16.1. The fourth-order valence-corrected chi connectivity index (χ4v) is 1.60. The summed E-state index contributed by atoms with van der Waals surface area (Å²) in [5, 5.41) is 1.83. The van der Waals surface area contributed by atoms with E-state index in [0.717, 1.165) is 17.2 Å². The van der Waals surface area contributed by atoms with Gasteiger partial charge in [-0.25, -0.2) is 0 Å². The molecular formula is C12H13NO.